The van der Waals surface area contributed by atoms with E-state index in [0.29, 0.717) is 25.2 Å². The number of carbonyl (C=O) groups excluding carboxylic acids is 1. The lowest BCUT2D eigenvalue weighted by molar-refractivity contribution is -0.122. The van der Waals surface area contributed by atoms with Crippen molar-refractivity contribution in [2.75, 3.05) is 19.7 Å². The van der Waals surface area contributed by atoms with Gasteiger partial charge in [-0.3, -0.25) is 4.79 Å². The first-order chi connectivity index (χ1) is 6.84. The summed E-state index contributed by atoms with van der Waals surface area (Å²) < 4.78 is 5.55. The molecule has 4 heteroatoms. The highest BCUT2D eigenvalue weighted by Crippen LogP contribution is 2.18. The number of amides is 1. The van der Waals surface area contributed by atoms with E-state index in [2.05, 4.69) is 10.6 Å². The van der Waals surface area contributed by atoms with Gasteiger partial charge in [0.1, 0.15) is 0 Å². The Morgan fingerprint density at radius 1 is 1.43 bits per heavy atom. The molecule has 0 spiro atoms. The van der Waals surface area contributed by atoms with Crippen molar-refractivity contribution in [2.45, 2.75) is 37.8 Å². The summed E-state index contributed by atoms with van der Waals surface area (Å²) in [4.78, 5) is 11.3. The third-order valence-corrected chi connectivity index (χ3v) is 2.64. The van der Waals surface area contributed by atoms with Crippen LogP contribution >= 0.6 is 0 Å². The van der Waals surface area contributed by atoms with Gasteiger partial charge in [-0.2, -0.15) is 0 Å². The molecule has 1 aliphatic carbocycles. The van der Waals surface area contributed by atoms with Crippen molar-refractivity contribution in [3.8, 4) is 0 Å². The molecule has 1 aliphatic heterocycles. The van der Waals surface area contributed by atoms with E-state index >= 15 is 0 Å². The molecule has 1 atom stereocenters. The molecule has 80 valence electrons. The normalized spacial score (nSPS) is 26.4. The Morgan fingerprint density at radius 2 is 2.29 bits per heavy atom. The van der Waals surface area contributed by atoms with Crippen LogP contribution in [0, 0.1) is 0 Å². The van der Waals surface area contributed by atoms with Crippen LogP contribution in [0.3, 0.4) is 0 Å². The lowest BCUT2D eigenvalue weighted by Crippen LogP contribution is -2.27. The van der Waals surface area contributed by atoms with Gasteiger partial charge in [0.2, 0.25) is 5.91 Å². The van der Waals surface area contributed by atoms with E-state index in [-0.39, 0.29) is 5.91 Å². The molecule has 0 aromatic heterocycles. The highest BCUT2D eigenvalue weighted by atomic mass is 16.5. The van der Waals surface area contributed by atoms with Crippen LogP contribution in [0.4, 0.5) is 0 Å². The van der Waals surface area contributed by atoms with Crippen LogP contribution in [0.2, 0.25) is 0 Å². The fraction of sp³-hybridized carbons (Fsp3) is 0.900. The molecule has 0 aromatic carbocycles. The van der Waals surface area contributed by atoms with Crippen molar-refractivity contribution in [2.24, 2.45) is 0 Å². The Morgan fingerprint density at radius 3 is 2.93 bits per heavy atom. The first-order valence-electron chi connectivity index (χ1n) is 5.46. The summed E-state index contributed by atoms with van der Waals surface area (Å²) in [6, 6.07) is 0.468. The van der Waals surface area contributed by atoms with E-state index in [0.717, 1.165) is 32.4 Å². The van der Waals surface area contributed by atoms with Crippen molar-refractivity contribution in [3.63, 3.8) is 0 Å². The first-order valence-corrected chi connectivity index (χ1v) is 5.46. The Balaban J connectivity index is 1.50. The molecule has 1 saturated heterocycles. The molecule has 1 heterocycles. The average molecular weight is 198 g/mol. The number of ether oxygens (including phenoxy) is 1. The van der Waals surface area contributed by atoms with E-state index in [1.165, 1.54) is 0 Å². The maximum atomic E-state index is 11.3. The van der Waals surface area contributed by atoms with Gasteiger partial charge < -0.3 is 15.4 Å². The number of carbonyl (C=O) groups is 1. The summed E-state index contributed by atoms with van der Waals surface area (Å²) >= 11 is 0. The molecule has 0 bridgehead atoms. The summed E-state index contributed by atoms with van der Waals surface area (Å²) in [6.45, 7) is 2.54. The molecule has 1 amide bonds. The highest BCUT2D eigenvalue weighted by molar-refractivity contribution is 5.76. The zero-order valence-corrected chi connectivity index (χ0v) is 8.42. The average Bonchev–Trinajstić information content (AvgIpc) is 2.82. The zero-order chi connectivity index (χ0) is 9.80. The van der Waals surface area contributed by atoms with Gasteiger partial charge in [0.25, 0.3) is 0 Å². The third kappa shape index (κ3) is 3.27. The monoisotopic (exact) mass is 198 g/mol. The molecule has 0 aromatic rings. The van der Waals surface area contributed by atoms with Gasteiger partial charge in [-0.15, -0.1) is 0 Å². The second kappa shape index (κ2) is 4.75. The first kappa shape index (κ1) is 9.93. The maximum Gasteiger partial charge on any atom is 0.222 e. The minimum atomic E-state index is 0.137. The van der Waals surface area contributed by atoms with E-state index in [1.807, 2.05) is 0 Å². The summed E-state index contributed by atoms with van der Waals surface area (Å²) in [5.74, 6) is 0.137. The highest BCUT2D eigenvalue weighted by Gasteiger charge is 2.23. The molecular formula is C10H18N2O2. The smallest absolute Gasteiger partial charge is 0.222 e. The number of nitrogens with one attached hydrogen (secondary N) is 2. The van der Waals surface area contributed by atoms with Crippen LogP contribution in [0.25, 0.3) is 0 Å². The predicted molar refractivity (Wildman–Crippen MR) is 53.0 cm³/mol. The van der Waals surface area contributed by atoms with Gasteiger partial charge in [-0.1, -0.05) is 0 Å². The summed E-state index contributed by atoms with van der Waals surface area (Å²) in [5, 5.41) is 6.17. The van der Waals surface area contributed by atoms with Gasteiger partial charge in [0, 0.05) is 19.0 Å². The molecule has 2 N–H and O–H groups in total. The van der Waals surface area contributed by atoms with Crippen molar-refractivity contribution in [1.29, 1.82) is 0 Å². The zero-order valence-electron chi connectivity index (χ0n) is 8.42. The number of hydrogen-bond acceptors (Lipinski definition) is 3. The second-order valence-electron chi connectivity index (χ2n) is 4.08. The summed E-state index contributed by atoms with van der Waals surface area (Å²) in [5.41, 5.74) is 0. The van der Waals surface area contributed by atoms with Crippen LogP contribution in [-0.4, -0.2) is 37.7 Å². The van der Waals surface area contributed by atoms with E-state index in [4.69, 9.17) is 4.74 Å². The van der Waals surface area contributed by atoms with Crippen LogP contribution in [-0.2, 0) is 9.53 Å². The van der Waals surface area contributed by atoms with Crippen LogP contribution in [0.5, 0.6) is 0 Å². The Labute approximate surface area is 84.4 Å². The summed E-state index contributed by atoms with van der Waals surface area (Å²) in [6.07, 6.45) is 4.21. The number of rotatable bonds is 5. The van der Waals surface area contributed by atoms with Crippen molar-refractivity contribution >= 4 is 5.91 Å². The minimum absolute atomic E-state index is 0.137. The van der Waals surface area contributed by atoms with Gasteiger partial charge in [0.15, 0.2) is 0 Å². The van der Waals surface area contributed by atoms with Crippen LogP contribution in [0.15, 0.2) is 0 Å². The number of hydrogen-bond donors (Lipinski definition) is 2. The van der Waals surface area contributed by atoms with Gasteiger partial charge in [0.05, 0.1) is 12.7 Å². The van der Waals surface area contributed by atoms with E-state index in [1.54, 1.807) is 0 Å². The molecule has 2 fully saturated rings. The summed E-state index contributed by atoms with van der Waals surface area (Å²) in [7, 11) is 0. The largest absolute Gasteiger partial charge is 0.376 e. The van der Waals surface area contributed by atoms with Gasteiger partial charge >= 0.3 is 0 Å². The van der Waals surface area contributed by atoms with Crippen molar-refractivity contribution < 1.29 is 9.53 Å². The van der Waals surface area contributed by atoms with Crippen LogP contribution < -0.4 is 10.6 Å². The van der Waals surface area contributed by atoms with Gasteiger partial charge in [-0.05, 0) is 25.8 Å². The fourth-order valence-corrected chi connectivity index (χ4v) is 1.62. The van der Waals surface area contributed by atoms with Crippen LogP contribution in [0.1, 0.15) is 25.7 Å². The molecule has 1 saturated carbocycles. The molecule has 14 heavy (non-hydrogen) atoms. The lowest BCUT2D eigenvalue weighted by Gasteiger charge is -2.09. The second-order valence-corrected chi connectivity index (χ2v) is 4.08. The topological polar surface area (TPSA) is 50.4 Å². The molecule has 2 aliphatic rings. The minimum Gasteiger partial charge on any atom is -0.376 e. The molecule has 0 radical (unpaired) electrons. The Bertz CT molecular complexity index is 198. The van der Waals surface area contributed by atoms with Crippen molar-refractivity contribution in [3.05, 3.63) is 0 Å². The van der Waals surface area contributed by atoms with Crippen molar-refractivity contribution in [1.82, 2.24) is 10.6 Å². The fourth-order valence-electron chi connectivity index (χ4n) is 1.62. The predicted octanol–water partition coefficient (Wildman–Crippen LogP) is 0.0336. The standard InChI is InChI=1S/C10H18N2O2/c13-10(12-8-1-2-8)4-6-14-9-3-5-11-7-9/h8-9,11H,1-7H2,(H,12,13). The van der Waals surface area contributed by atoms with E-state index < -0.39 is 0 Å². The lowest BCUT2D eigenvalue weighted by atomic mass is 10.3. The molecular weight excluding hydrogens is 180 g/mol. The van der Waals surface area contributed by atoms with E-state index in [9.17, 15) is 4.79 Å². The van der Waals surface area contributed by atoms with Gasteiger partial charge in [-0.25, -0.2) is 0 Å². The molecule has 4 nitrogen and oxygen atoms in total. The SMILES string of the molecule is O=C(CCOC1CCNC1)NC1CC1. The Kier molecular flexibility index (Phi) is 3.37. The quantitative estimate of drug-likeness (QED) is 0.655. The molecule has 1 unspecified atom stereocenters. The maximum absolute atomic E-state index is 11.3. The Hall–Kier alpha value is -0.610. The third-order valence-electron chi connectivity index (χ3n) is 2.64. The molecule has 2 rings (SSSR count).